The molecule has 0 radical (unpaired) electrons. The van der Waals surface area contributed by atoms with Crippen molar-refractivity contribution in [2.24, 2.45) is 4.99 Å². The molecule has 2 atom stereocenters. The van der Waals surface area contributed by atoms with Gasteiger partial charge in [0.15, 0.2) is 0 Å². The summed E-state index contributed by atoms with van der Waals surface area (Å²) in [6, 6.07) is 6.41. The SMILES string of the molecule is C=CC/N=C(\C(=C/C)C1=CN2C(C3C=CC=CN3)=CNC2C(Cl)=C1)c1ccc(F)cc1. The minimum Gasteiger partial charge on any atom is -0.379 e. The molecule has 0 amide bonds. The molecule has 4 rings (SSSR count). The van der Waals surface area contributed by atoms with E-state index in [4.69, 9.17) is 16.6 Å². The van der Waals surface area contributed by atoms with Crippen molar-refractivity contribution in [3.63, 3.8) is 0 Å². The largest absolute Gasteiger partial charge is 0.379 e. The maximum absolute atomic E-state index is 13.5. The van der Waals surface area contributed by atoms with Gasteiger partial charge >= 0.3 is 0 Å². The van der Waals surface area contributed by atoms with Gasteiger partial charge in [-0.3, -0.25) is 4.99 Å². The molecule has 3 aliphatic heterocycles. The molecule has 2 N–H and O–H groups in total. The van der Waals surface area contributed by atoms with E-state index in [1.165, 1.54) is 12.1 Å². The molecular formula is C25H24ClFN4. The van der Waals surface area contributed by atoms with E-state index >= 15 is 0 Å². The quantitative estimate of drug-likeness (QED) is 0.495. The smallest absolute Gasteiger partial charge is 0.140 e. The van der Waals surface area contributed by atoms with Gasteiger partial charge in [-0.15, -0.1) is 6.58 Å². The van der Waals surface area contributed by atoms with Gasteiger partial charge in [0.05, 0.1) is 29.0 Å². The van der Waals surface area contributed by atoms with Crippen LogP contribution in [0.1, 0.15) is 12.5 Å². The Labute approximate surface area is 187 Å². The first-order valence-corrected chi connectivity index (χ1v) is 10.5. The normalized spacial score (nSPS) is 22.8. The third kappa shape index (κ3) is 4.28. The van der Waals surface area contributed by atoms with Gasteiger partial charge in [0.2, 0.25) is 0 Å². The molecule has 158 valence electrons. The molecule has 6 heteroatoms. The van der Waals surface area contributed by atoms with Gasteiger partial charge in [-0.2, -0.15) is 0 Å². The summed E-state index contributed by atoms with van der Waals surface area (Å²) >= 11 is 6.69. The number of hydrogen-bond donors (Lipinski definition) is 2. The molecule has 0 bridgehead atoms. The summed E-state index contributed by atoms with van der Waals surface area (Å²) in [6.45, 7) is 6.20. The van der Waals surface area contributed by atoms with E-state index in [0.717, 1.165) is 28.1 Å². The van der Waals surface area contributed by atoms with Crippen LogP contribution in [-0.4, -0.2) is 29.4 Å². The summed E-state index contributed by atoms with van der Waals surface area (Å²) in [5, 5.41) is 7.39. The first-order chi connectivity index (χ1) is 15.1. The van der Waals surface area contributed by atoms with E-state index in [1.807, 2.05) is 43.6 Å². The predicted molar refractivity (Wildman–Crippen MR) is 126 cm³/mol. The van der Waals surface area contributed by atoms with Crippen LogP contribution in [-0.2, 0) is 0 Å². The second-order valence-corrected chi connectivity index (χ2v) is 7.67. The molecule has 0 saturated carbocycles. The zero-order chi connectivity index (χ0) is 21.8. The standard InChI is InChI=1S/C25H24ClFN4/c1-3-12-29-24(17-8-10-19(27)11-9-17)20(4-2)18-14-21(26)25-30-15-23(31(25)16-18)22-7-5-6-13-28-22/h3-11,13-16,22,25,28,30H,1,12H2,2H3/b20-4-,29-24-. The van der Waals surface area contributed by atoms with Crippen molar-refractivity contribution >= 4 is 17.3 Å². The van der Waals surface area contributed by atoms with E-state index in [2.05, 4.69) is 34.4 Å². The van der Waals surface area contributed by atoms with Crippen LogP contribution in [0.3, 0.4) is 0 Å². The summed E-state index contributed by atoms with van der Waals surface area (Å²) in [6.07, 6.45) is 17.6. The number of dihydropyridines is 1. The highest BCUT2D eigenvalue weighted by atomic mass is 35.5. The van der Waals surface area contributed by atoms with E-state index in [0.29, 0.717) is 11.6 Å². The van der Waals surface area contributed by atoms with Crippen molar-refractivity contribution in [2.45, 2.75) is 19.1 Å². The molecule has 2 unspecified atom stereocenters. The Morgan fingerprint density at radius 1 is 1.26 bits per heavy atom. The van der Waals surface area contributed by atoms with Crippen molar-refractivity contribution in [2.75, 3.05) is 6.54 Å². The summed E-state index contributed by atoms with van der Waals surface area (Å²) < 4.78 is 13.5. The minimum absolute atomic E-state index is 0.0441. The number of nitrogens with one attached hydrogen (secondary N) is 2. The molecule has 1 aromatic rings. The van der Waals surface area contributed by atoms with Crippen LogP contribution in [0.25, 0.3) is 0 Å². The predicted octanol–water partition coefficient (Wildman–Crippen LogP) is 4.88. The van der Waals surface area contributed by atoms with Crippen LogP contribution >= 0.6 is 11.6 Å². The first kappa shape index (κ1) is 20.9. The van der Waals surface area contributed by atoms with Crippen LogP contribution in [0.2, 0.25) is 0 Å². The molecule has 0 spiro atoms. The molecular weight excluding hydrogens is 411 g/mol. The second kappa shape index (κ2) is 9.23. The number of rotatable bonds is 6. The van der Waals surface area contributed by atoms with Crippen LogP contribution < -0.4 is 10.6 Å². The summed E-state index contributed by atoms with van der Waals surface area (Å²) in [5.74, 6) is -0.281. The Kier molecular flexibility index (Phi) is 6.23. The monoisotopic (exact) mass is 434 g/mol. The van der Waals surface area contributed by atoms with Gasteiger partial charge in [-0.05, 0) is 49.5 Å². The molecule has 4 nitrogen and oxygen atoms in total. The molecule has 3 heterocycles. The fraction of sp³-hybridized carbons (Fsp3) is 0.160. The third-order valence-electron chi connectivity index (χ3n) is 5.25. The molecule has 31 heavy (non-hydrogen) atoms. The van der Waals surface area contributed by atoms with Crippen LogP contribution in [0.5, 0.6) is 0 Å². The lowest BCUT2D eigenvalue weighted by atomic mass is 9.94. The number of fused-ring (bicyclic) bond motifs is 1. The number of aliphatic imine (C=N–C) groups is 1. The number of allylic oxidation sites excluding steroid dienone is 6. The Bertz CT molecular complexity index is 1070. The molecule has 0 saturated heterocycles. The van der Waals surface area contributed by atoms with E-state index in [1.54, 1.807) is 18.2 Å². The van der Waals surface area contributed by atoms with Crippen LogP contribution in [0.15, 0.2) is 113 Å². The van der Waals surface area contributed by atoms with Crippen LogP contribution in [0, 0.1) is 5.82 Å². The van der Waals surface area contributed by atoms with Gasteiger partial charge < -0.3 is 15.5 Å². The highest BCUT2D eigenvalue weighted by molar-refractivity contribution is 6.31. The molecule has 0 aromatic heterocycles. The zero-order valence-electron chi connectivity index (χ0n) is 17.2. The first-order valence-electron chi connectivity index (χ1n) is 10.1. The maximum atomic E-state index is 13.5. The number of halogens is 2. The Morgan fingerprint density at radius 2 is 2.06 bits per heavy atom. The molecule has 0 fully saturated rings. The summed E-state index contributed by atoms with van der Waals surface area (Å²) in [7, 11) is 0. The average molecular weight is 435 g/mol. The fourth-order valence-electron chi connectivity index (χ4n) is 3.81. The van der Waals surface area contributed by atoms with Gasteiger partial charge in [-0.25, -0.2) is 4.39 Å². The minimum atomic E-state index is -0.281. The second-order valence-electron chi connectivity index (χ2n) is 7.23. The van der Waals surface area contributed by atoms with E-state index in [-0.39, 0.29) is 18.0 Å². The number of benzene rings is 1. The topological polar surface area (TPSA) is 39.7 Å². The van der Waals surface area contributed by atoms with E-state index < -0.39 is 0 Å². The lowest BCUT2D eigenvalue weighted by Crippen LogP contribution is -2.40. The van der Waals surface area contributed by atoms with E-state index in [9.17, 15) is 4.39 Å². The molecule has 0 aliphatic carbocycles. The highest BCUT2D eigenvalue weighted by Crippen LogP contribution is 2.34. The summed E-state index contributed by atoms with van der Waals surface area (Å²) in [5.41, 5.74) is 4.52. The lowest BCUT2D eigenvalue weighted by molar-refractivity contribution is 0.373. The van der Waals surface area contributed by atoms with Crippen molar-refractivity contribution in [3.05, 3.63) is 119 Å². The Hall–Kier alpha value is -3.31. The number of hydrogen-bond acceptors (Lipinski definition) is 4. The lowest BCUT2D eigenvalue weighted by Gasteiger charge is -2.33. The van der Waals surface area contributed by atoms with Gasteiger partial charge in [0, 0.05) is 29.1 Å². The van der Waals surface area contributed by atoms with Crippen LogP contribution in [0.4, 0.5) is 4.39 Å². The van der Waals surface area contributed by atoms with Crippen molar-refractivity contribution in [1.82, 2.24) is 15.5 Å². The molecule has 1 aromatic carbocycles. The number of nitrogens with zero attached hydrogens (tertiary/aromatic N) is 2. The Morgan fingerprint density at radius 3 is 2.74 bits per heavy atom. The summed E-state index contributed by atoms with van der Waals surface area (Å²) in [4.78, 5) is 6.86. The highest BCUT2D eigenvalue weighted by Gasteiger charge is 2.34. The van der Waals surface area contributed by atoms with Gasteiger partial charge in [-0.1, -0.05) is 35.9 Å². The van der Waals surface area contributed by atoms with Gasteiger partial charge in [0.25, 0.3) is 0 Å². The van der Waals surface area contributed by atoms with Gasteiger partial charge in [0.1, 0.15) is 12.0 Å². The average Bonchev–Trinajstić information content (AvgIpc) is 3.22. The Balaban J connectivity index is 1.72. The van der Waals surface area contributed by atoms with Crippen molar-refractivity contribution in [1.29, 1.82) is 0 Å². The van der Waals surface area contributed by atoms with Crippen molar-refractivity contribution in [3.8, 4) is 0 Å². The van der Waals surface area contributed by atoms with Crippen molar-refractivity contribution < 1.29 is 4.39 Å². The fourth-order valence-corrected chi connectivity index (χ4v) is 4.09. The third-order valence-corrected chi connectivity index (χ3v) is 5.57. The maximum Gasteiger partial charge on any atom is 0.140 e. The molecule has 3 aliphatic rings. The zero-order valence-corrected chi connectivity index (χ0v) is 18.0.